The van der Waals surface area contributed by atoms with E-state index in [4.69, 9.17) is 9.47 Å². The molecular weight excluding hydrogens is 774 g/mol. The van der Waals surface area contributed by atoms with Crippen LogP contribution in [0.3, 0.4) is 0 Å². The average Bonchev–Trinajstić information content (AvgIpc) is 3.73. The number of carbonyl (C=O) groups is 3. The molecule has 324 valence electrons. The van der Waals surface area contributed by atoms with Gasteiger partial charge in [-0.1, -0.05) is 86.5 Å². The van der Waals surface area contributed by atoms with Gasteiger partial charge in [-0.2, -0.15) is 13.2 Å². The predicted octanol–water partition coefficient (Wildman–Crippen LogP) is 7.74. The third kappa shape index (κ3) is 10.1. The molecule has 1 aliphatic carbocycles. The summed E-state index contributed by atoms with van der Waals surface area (Å²) < 4.78 is 53.1. The molecule has 3 aliphatic heterocycles. The van der Waals surface area contributed by atoms with Crippen LogP contribution in [0.4, 0.5) is 13.2 Å². The van der Waals surface area contributed by atoms with Crippen molar-refractivity contribution in [3.8, 4) is 11.1 Å². The van der Waals surface area contributed by atoms with Crippen LogP contribution in [0.15, 0.2) is 72.8 Å². The monoisotopic (exact) mass is 832 g/mol. The van der Waals surface area contributed by atoms with Gasteiger partial charge in [0, 0.05) is 42.7 Å². The summed E-state index contributed by atoms with van der Waals surface area (Å²) in [6.07, 6.45) is 0.682. The van der Waals surface area contributed by atoms with E-state index in [1.807, 2.05) is 93.6 Å². The van der Waals surface area contributed by atoms with Crippen molar-refractivity contribution in [1.82, 2.24) is 20.4 Å². The number of carbonyl (C=O) groups excluding carboxylic acids is 3. The van der Waals surface area contributed by atoms with Crippen LogP contribution in [0.1, 0.15) is 114 Å². The van der Waals surface area contributed by atoms with Gasteiger partial charge >= 0.3 is 12.1 Å². The summed E-state index contributed by atoms with van der Waals surface area (Å²) in [6.45, 7) is 8.75. The van der Waals surface area contributed by atoms with Crippen LogP contribution in [-0.2, 0) is 37.0 Å². The van der Waals surface area contributed by atoms with Gasteiger partial charge in [0.25, 0.3) is 0 Å². The second-order valence-corrected chi connectivity index (χ2v) is 18.2. The second kappa shape index (κ2) is 18.4. The van der Waals surface area contributed by atoms with Gasteiger partial charge in [0.1, 0.15) is 6.04 Å². The molecule has 1 saturated carbocycles. The molecule has 3 N–H and O–H groups in total. The topological polar surface area (TPSA) is 120 Å². The molecule has 3 aromatic rings. The molecule has 60 heavy (non-hydrogen) atoms. The molecule has 7 rings (SSSR count). The van der Waals surface area contributed by atoms with E-state index in [2.05, 4.69) is 22.5 Å². The van der Waals surface area contributed by atoms with E-state index in [1.54, 1.807) is 0 Å². The number of halogens is 3. The number of hydrogen-bond acceptors (Lipinski definition) is 7. The van der Waals surface area contributed by atoms with E-state index in [0.29, 0.717) is 29.8 Å². The fourth-order valence-corrected chi connectivity index (χ4v) is 9.71. The zero-order valence-electron chi connectivity index (χ0n) is 35.0. The highest BCUT2D eigenvalue weighted by molar-refractivity contribution is 5.90. The largest absolute Gasteiger partial charge is 0.471 e. The Bertz CT molecular complexity index is 1970. The third-order valence-electron chi connectivity index (χ3n) is 12.8. The van der Waals surface area contributed by atoms with Crippen molar-refractivity contribution < 1.29 is 42.1 Å². The number of ether oxygens (including phenoxy) is 2. The normalized spacial score (nSPS) is 27.6. The number of amides is 3. The Morgan fingerprint density at radius 3 is 2.20 bits per heavy atom. The lowest BCUT2D eigenvalue weighted by Crippen LogP contribution is -2.61. The summed E-state index contributed by atoms with van der Waals surface area (Å²) >= 11 is 0. The lowest BCUT2D eigenvalue weighted by atomic mass is 9.75. The number of benzene rings is 3. The maximum atomic E-state index is 13.9. The predicted molar refractivity (Wildman–Crippen MR) is 221 cm³/mol. The van der Waals surface area contributed by atoms with E-state index in [1.165, 1.54) is 12.8 Å². The molecule has 4 fully saturated rings. The van der Waals surface area contributed by atoms with Crippen molar-refractivity contribution >= 4 is 17.7 Å². The van der Waals surface area contributed by atoms with Gasteiger partial charge in [-0.3, -0.25) is 19.3 Å². The quantitative estimate of drug-likeness (QED) is 0.191. The number of nitrogens with zero attached hydrogens (tertiary/aromatic N) is 2. The first-order chi connectivity index (χ1) is 28.6. The molecule has 4 aliphatic rings. The van der Waals surface area contributed by atoms with Crippen molar-refractivity contribution in [2.24, 2.45) is 11.8 Å². The van der Waals surface area contributed by atoms with Gasteiger partial charge in [-0.05, 0) is 99.1 Å². The number of likely N-dealkylation sites (tertiary alicyclic amines) is 2. The molecule has 8 atom stereocenters. The SMILES string of the molecule is C[C@@H]1[C@H](CN2[C@@H](C(=O)NC(C)(C)C)CC[C@H]3CCCC[C@H]32)O[C@H](c2ccc(-c3cccc(CNC(=O)[C@@H]4CCCN4C(=O)C(F)(F)F)c3)cc2)O[C@@H]1c1ccc(CO)cc1. The summed E-state index contributed by atoms with van der Waals surface area (Å²) in [6, 6.07) is 22.3. The Kier molecular flexibility index (Phi) is 13.4. The van der Waals surface area contributed by atoms with Gasteiger partial charge in [-0.15, -0.1) is 0 Å². The highest BCUT2D eigenvalue weighted by atomic mass is 19.4. The van der Waals surface area contributed by atoms with E-state index in [-0.39, 0.29) is 61.7 Å². The number of nitrogens with one attached hydrogen (secondary N) is 2. The third-order valence-corrected chi connectivity index (χ3v) is 12.8. The van der Waals surface area contributed by atoms with Crippen LogP contribution < -0.4 is 10.6 Å². The van der Waals surface area contributed by atoms with Crippen LogP contribution in [0.5, 0.6) is 0 Å². The number of piperidine rings is 1. The summed E-state index contributed by atoms with van der Waals surface area (Å²) in [5, 5.41) is 15.7. The Balaban J connectivity index is 1.09. The minimum Gasteiger partial charge on any atom is -0.392 e. The molecule has 0 spiro atoms. The lowest BCUT2D eigenvalue weighted by molar-refractivity contribution is -0.278. The van der Waals surface area contributed by atoms with Gasteiger partial charge < -0.3 is 30.1 Å². The number of hydrogen-bond donors (Lipinski definition) is 3. The number of aliphatic hydroxyl groups excluding tert-OH is 1. The van der Waals surface area contributed by atoms with Crippen LogP contribution in [0, 0.1) is 11.8 Å². The highest BCUT2D eigenvalue weighted by Gasteiger charge is 2.48. The summed E-state index contributed by atoms with van der Waals surface area (Å²) in [4.78, 5) is 41.8. The molecule has 3 saturated heterocycles. The standard InChI is InChI=1S/C47H59F3N4O6/c1-29-40(27-54-37-12-6-5-10-33(37)22-23-39(54)43(57)52-46(2,3)4)59-44(60-41(29)34-16-14-30(28-55)15-17-34)35-20-18-32(19-21-35)36-11-7-9-31(25-36)26-51-42(56)38-13-8-24-53(38)45(58)47(48,49)50/h7,9,11,14-21,25,29,33,37-41,44,55H,5-6,8,10,12-13,22-24,26-28H2,1-4H3,(H,51,56)(H,52,57)/t29-,33-,37-,38+,39-,40+,41+,44+/m1/s1. The molecule has 10 nitrogen and oxygen atoms in total. The van der Waals surface area contributed by atoms with Gasteiger partial charge in [-0.25, -0.2) is 0 Å². The van der Waals surface area contributed by atoms with Crippen LogP contribution >= 0.6 is 0 Å². The van der Waals surface area contributed by atoms with Gasteiger partial charge in [0.05, 0.1) is 24.9 Å². The highest BCUT2D eigenvalue weighted by Crippen LogP contribution is 2.45. The van der Waals surface area contributed by atoms with Gasteiger partial charge in [0.2, 0.25) is 11.8 Å². The molecule has 0 unspecified atom stereocenters. The van der Waals surface area contributed by atoms with E-state index in [0.717, 1.165) is 59.1 Å². The molecule has 3 aromatic carbocycles. The summed E-state index contributed by atoms with van der Waals surface area (Å²) in [5.74, 6) is -2.02. The van der Waals surface area contributed by atoms with E-state index < -0.39 is 30.3 Å². The zero-order valence-corrected chi connectivity index (χ0v) is 35.0. The summed E-state index contributed by atoms with van der Waals surface area (Å²) in [7, 11) is 0. The smallest absolute Gasteiger partial charge is 0.392 e. The summed E-state index contributed by atoms with van der Waals surface area (Å²) in [5.41, 5.74) is 4.84. The maximum Gasteiger partial charge on any atom is 0.471 e. The average molecular weight is 833 g/mol. The molecule has 3 heterocycles. The first kappa shape index (κ1) is 43.8. The number of aliphatic hydroxyl groups is 1. The fraction of sp³-hybridized carbons (Fsp3) is 0.553. The molecular formula is C47H59F3N4O6. The lowest BCUT2D eigenvalue weighted by Gasteiger charge is -2.51. The van der Waals surface area contributed by atoms with Crippen LogP contribution in [0.2, 0.25) is 0 Å². The fourth-order valence-electron chi connectivity index (χ4n) is 9.71. The number of alkyl halides is 3. The second-order valence-electron chi connectivity index (χ2n) is 18.2. The van der Waals surface area contributed by atoms with Crippen molar-refractivity contribution in [2.75, 3.05) is 13.1 Å². The Morgan fingerprint density at radius 2 is 1.50 bits per heavy atom. The van der Waals surface area contributed by atoms with Crippen molar-refractivity contribution in [2.45, 2.75) is 141 Å². The van der Waals surface area contributed by atoms with E-state index >= 15 is 0 Å². The maximum absolute atomic E-state index is 13.9. The zero-order chi connectivity index (χ0) is 42.8. The number of fused-ring (bicyclic) bond motifs is 1. The Morgan fingerprint density at radius 1 is 0.783 bits per heavy atom. The van der Waals surface area contributed by atoms with E-state index in [9.17, 15) is 32.7 Å². The molecule has 13 heteroatoms. The minimum absolute atomic E-state index is 0.0537. The van der Waals surface area contributed by atoms with Crippen molar-refractivity contribution in [3.63, 3.8) is 0 Å². The molecule has 0 aromatic heterocycles. The van der Waals surface area contributed by atoms with Crippen LogP contribution in [0.25, 0.3) is 11.1 Å². The molecule has 0 radical (unpaired) electrons. The first-order valence-corrected chi connectivity index (χ1v) is 21.5. The first-order valence-electron chi connectivity index (χ1n) is 21.5. The number of rotatable bonds is 10. The minimum atomic E-state index is -5.03. The molecule has 3 amide bonds. The molecule has 0 bridgehead atoms. The van der Waals surface area contributed by atoms with Crippen LogP contribution in [-0.4, -0.2) is 81.7 Å². The van der Waals surface area contributed by atoms with Gasteiger partial charge in [0.15, 0.2) is 6.29 Å². The van der Waals surface area contributed by atoms with Crippen molar-refractivity contribution in [1.29, 1.82) is 0 Å². The Hall–Kier alpha value is -4.30. The van der Waals surface area contributed by atoms with Crippen molar-refractivity contribution in [3.05, 3.63) is 95.1 Å². The Labute approximate surface area is 351 Å².